The van der Waals surface area contributed by atoms with Gasteiger partial charge in [-0.25, -0.2) is 0 Å². The Bertz CT molecular complexity index is 676. The molecule has 1 fully saturated rings. The van der Waals surface area contributed by atoms with Crippen LogP contribution in [0.1, 0.15) is 41.6 Å². The van der Waals surface area contributed by atoms with E-state index < -0.39 is 0 Å². The molecule has 0 heterocycles. The smallest absolute Gasteiger partial charge is 0.255 e. The molecule has 0 saturated heterocycles. The minimum absolute atomic E-state index is 0.128. The second-order valence-corrected chi connectivity index (χ2v) is 6.14. The summed E-state index contributed by atoms with van der Waals surface area (Å²) in [6.07, 6.45) is 5.01. The van der Waals surface area contributed by atoms with Gasteiger partial charge in [0.15, 0.2) is 0 Å². The maximum Gasteiger partial charge on any atom is 0.255 e. The first kappa shape index (κ1) is 16.5. The zero-order valence-corrected chi connectivity index (χ0v) is 14.0. The lowest BCUT2D eigenvalue weighted by atomic mass is 10.1. The number of nitrogens with one attached hydrogen (secondary N) is 1. The normalized spacial score (nSPS) is 14.5. The highest BCUT2D eigenvalue weighted by Crippen LogP contribution is 2.26. The Labute approximate surface area is 142 Å². The monoisotopic (exact) mass is 325 g/mol. The number of hydrogen-bond acceptors (Lipinski definition) is 3. The molecule has 0 aromatic heterocycles. The quantitative estimate of drug-likeness (QED) is 0.856. The van der Waals surface area contributed by atoms with Gasteiger partial charge in [-0.2, -0.15) is 0 Å². The van der Waals surface area contributed by atoms with Crippen molar-refractivity contribution < 1.29 is 14.3 Å². The second kappa shape index (κ2) is 7.97. The summed E-state index contributed by atoms with van der Waals surface area (Å²) in [5.41, 5.74) is 2.41. The molecule has 0 unspecified atom stereocenters. The highest BCUT2D eigenvalue weighted by molar-refractivity contribution is 6.04. The number of hydrogen-bond donors (Lipinski definition) is 1. The topological polar surface area (TPSA) is 47.6 Å². The third kappa shape index (κ3) is 4.36. The van der Waals surface area contributed by atoms with E-state index in [1.54, 1.807) is 7.11 Å². The third-order valence-electron chi connectivity index (χ3n) is 4.22. The van der Waals surface area contributed by atoms with Crippen molar-refractivity contribution in [1.29, 1.82) is 0 Å². The largest absolute Gasteiger partial charge is 0.490 e. The van der Waals surface area contributed by atoms with Crippen LogP contribution in [-0.2, 0) is 11.3 Å². The minimum atomic E-state index is -0.128. The molecule has 1 saturated carbocycles. The zero-order valence-electron chi connectivity index (χ0n) is 14.0. The van der Waals surface area contributed by atoms with Gasteiger partial charge in [0, 0.05) is 24.4 Å². The Balaban J connectivity index is 1.63. The highest BCUT2D eigenvalue weighted by atomic mass is 16.5. The lowest BCUT2D eigenvalue weighted by Crippen LogP contribution is -2.13. The molecule has 1 N–H and O–H groups in total. The Kier molecular flexibility index (Phi) is 5.49. The standard InChI is InChI=1S/C20H23NO3/c1-23-14-15-9-11-16(12-10-15)20(22)21-17-5-4-8-19(13-17)24-18-6-2-3-7-18/h4-5,8-13,18H,2-3,6-7,14H2,1H3,(H,21,22). The molecule has 2 aromatic rings. The van der Waals surface area contributed by atoms with Crippen molar-refractivity contribution in [2.24, 2.45) is 0 Å². The first-order chi connectivity index (χ1) is 11.7. The van der Waals surface area contributed by atoms with Gasteiger partial charge in [-0.15, -0.1) is 0 Å². The van der Waals surface area contributed by atoms with E-state index in [9.17, 15) is 4.79 Å². The summed E-state index contributed by atoms with van der Waals surface area (Å²) in [4.78, 5) is 12.4. The van der Waals surface area contributed by atoms with Gasteiger partial charge in [-0.05, 0) is 55.5 Å². The number of ether oxygens (including phenoxy) is 2. The molecule has 0 aliphatic heterocycles. The number of rotatable bonds is 6. The first-order valence-corrected chi connectivity index (χ1v) is 8.40. The molecule has 0 atom stereocenters. The summed E-state index contributed by atoms with van der Waals surface area (Å²) in [6.45, 7) is 0.544. The van der Waals surface area contributed by atoms with E-state index in [2.05, 4.69) is 5.32 Å². The van der Waals surface area contributed by atoms with Crippen LogP contribution in [0, 0.1) is 0 Å². The van der Waals surface area contributed by atoms with Crippen molar-refractivity contribution >= 4 is 11.6 Å². The number of benzene rings is 2. The molecular weight excluding hydrogens is 302 g/mol. The molecule has 0 radical (unpaired) electrons. The maximum atomic E-state index is 12.4. The molecule has 126 valence electrons. The van der Waals surface area contributed by atoms with Crippen LogP contribution in [0.2, 0.25) is 0 Å². The predicted molar refractivity (Wildman–Crippen MR) is 94.4 cm³/mol. The van der Waals surface area contributed by atoms with Gasteiger partial charge in [0.2, 0.25) is 0 Å². The highest BCUT2D eigenvalue weighted by Gasteiger charge is 2.16. The van der Waals surface area contributed by atoms with E-state index in [4.69, 9.17) is 9.47 Å². The van der Waals surface area contributed by atoms with Crippen molar-refractivity contribution in [2.45, 2.75) is 38.4 Å². The summed E-state index contributed by atoms with van der Waals surface area (Å²) in [7, 11) is 1.65. The van der Waals surface area contributed by atoms with E-state index >= 15 is 0 Å². The van der Waals surface area contributed by atoms with Crippen LogP contribution >= 0.6 is 0 Å². The third-order valence-corrected chi connectivity index (χ3v) is 4.22. The van der Waals surface area contributed by atoms with Gasteiger partial charge in [0.05, 0.1) is 12.7 Å². The van der Waals surface area contributed by atoms with Crippen LogP contribution < -0.4 is 10.1 Å². The number of carbonyl (C=O) groups is 1. The Hall–Kier alpha value is -2.33. The van der Waals surface area contributed by atoms with Crippen LogP contribution in [-0.4, -0.2) is 19.1 Å². The number of methoxy groups -OCH3 is 1. The number of amides is 1. The summed E-state index contributed by atoms with van der Waals surface area (Å²) in [6, 6.07) is 15.0. The van der Waals surface area contributed by atoms with E-state index in [1.807, 2.05) is 48.5 Å². The van der Waals surface area contributed by atoms with Gasteiger partial charge in [-0.3, -0.25) is 4.79 Å². The van der Waals surface area contributed by atoms with Crippen molar-refractivity contribution in [3.8, 4) is 5.75 Å². The van der Waals surface area contributed by atoms with Crippen molar-refractivity contribution in [3.05, 3.63) is 59.7 Å². The first-order valence-electron chi connectivity index (χ1n) is 8.40. The van der Waals surface area contributed by atoms with Gasteiger partial charge in [-0.1, -0.05) is 18.2 Å². The van der Waals surface area contributed by atoms with Crippen molar-refractivity contribution in [1.82, 2.24) is 0 Å². The maximum absolute atomic E-state index is 12.4. The van der Waals surface area contributed by atoms with E-state index in [0.717, 1.165) is 29.8 Å². The molecule has 1 aliphatic rings. The van der Waals surface area contributed by atoms with Crippen molar-refractivity contribution in [2.75, 3.05) is 12.4 Å². The number of anilines is 1. The van der Waals surface area contributed by atoms with Crippen LogP contribution in [0.4, 0.5) is 5.69 Å². The average Bonchev–Trinajstić information content (AvgIpc) is 3.09. The molecule has 4 nitrogen and oxygen atoms in total. The number of carbonyl (C=O) groups excluding carboxylic acids is 1. The van der Waals surface area contributed by atoms with Crippen LogP contribution in [0.15, 0.2) is 48.5 Å². The Morgan fingerprint density at radius 2 is 1.88 bits per heavy atom. The molecule has 3 rings (SSSR count). The summed E-state index contributed by atoms with van der Waals surface area (Å²) >= 11 is 0. The summed E-state index contributed by atoms with van der Waals surface area (Å²) < 4.78 is 11.1. The molecule has 0 bridgehead atoms. The lowest BCUT2D eigenvalue weighted by molar-refractivity contribution is 0.102. The van der Waals surface area contributed by atoms with Crippen molar-refractivity contribution in [3.63, 3.8) is 0 Å². The van der Waals surface area contributed by atoms with Gasteiger partial charge < -0.3 is 14.8 Å². The molecule has 24 heavy (non-hydrogen) atoms. The average molecular weight is 325 g/mol. The van der Waals surface area contributed by atoms with E-state index in [0.29, 0.717) is 18.3 Å². The van der Waals surface area contributed by atoms with Crippen LogP contribution in [0.25, 0.3) is 0 Å². The summed E-state index contributed by atoms with van der Waals surface area (Å²) in [5, 5.41) is 2.92. The summed E-state index contributed by atoms with van der Waals surface area (Å²) in [5.74, 6) is 0.687. The van der Waals surface area contributed by atoms with Gasteiger partial charge >= 0.3 is 0 Å². The molecule has 0 spiro atoms. The van der Waals surface area contributed by atoms with Gasteiger partial charge in [0.25, 0.3) is 5.91 Å². The fourth-order valence-corrected chi connectivity index (χ4v) is 2.97. The Morgan fingerprint density at radius 1 is 1.12 bits per heavy atom. The van der Waals surface area contributed by atoms with E-state index in [1.165, 1.54) is 12.8 Å². The molecule has 4 heteroatoms. The Morgan fingerprint density at radius 3 is 2.58 bits per heavy atom. The predicted octanol–water partition coefficient (Wildman–Crippen LogP) is 4.41. The van der Waals surface area contributed by atoms with Crippen LogP contribution in [0.3, 0.4) is 0 Å². The molecule has 1 aliphatic carbocycles. The fourth-order valence-electron chi connectivity index (χ4n) is 2.97. The zero-order chi connectivity index (χ0) is 16.8. The molecular formula is C20H23NO3. The SMILES string of the molecule is COCc1ccc(C(=O)Nc2cccc(OC3CCCC3)c2)cc1. The molecule has 1 amide bonds. The van der Waals surface area contributed by atoms with E-state index in [-0.39, 0.29) is 5.91 Å². The molecule has 2 aromatic carbocycles. The second-order valence-electron chi connectivity index (χ2n) is 6.14. The van der Waals surface area contributed by atoms with Crippen LogP contribution in [0.5, 0.6) is 5.75 Å². The fraction of sp³-hybridized carbons (Fsp3) is 0.350. The minimum Gasteiger partial charge on any atom is -0.490 e. The lowest BCUT2D eigenvalue weighted by Gasteiger charge is -2.14. The van der Waals surface area contributed by atoms with Gasteiger partial charge in [0.1, 0.15) is 5.75 Å².